The van der Waals surface area contributed by atoms with Gasteiger partial charge in [0.05, 0.1) is 10.6 Å². The van der Waals surface area contributed by atoms with Crippen molar-refractivity contribution in [3.63, 3.8) is 0 Å². The van der Waals surface area contributed by atoms with Crippen LogP contribution in [0, 0.1) is 6.92 Å². The van der Waals surface area contributed by atoms with Crippen LogP contribution in [0.25, 0.3) is 16.3 Å². The van der Waals surface area contributed by atoms with E-state index in [1.807, 2.05) is 0 Å². The van der Waals surface area contributed by atoms with Gasteiger partial charge in [-0.15, -0.1) is 0 Å². The Morgan fingerprint density at radius 3 is 2.82 bits per heavy atom. The molecular weight excluding hydrogens is 240 g/mol. The van der Waals surface area contributed by atoms with Crippen LogP contribution in [0.5, 0.6) is 0 Å². The molecule has 7 heteroatoms. The molecule has 86 valence electrons. The van der Waals surface area contributed by atoms with Gasteiger partial charge in [-0.3, -0.25) is 9.20 Å². The number of imidazole rings is 2. The van der Waals surface area contributed by atoms with Crippen molar-refractivity contribution >= 4 is 22.6 Å². The van der Waals surface area contributed by atoms with Crippen molar-refractivity contribution in [3.05, 3.63) is 33.4 Å². The molecule has 3 heterocycles. The summed E-state index contributed by atoms with van der Waals surface area (Å²) in [6.45, 7) is 1.80. The number of aldehydes is 1. The third-order valence-corrected chi connectivity index (χ3v) is 3.38. The molecule has 0 saturated carbocycles. The summed E-state index contributed by atoms with van der Waals surface area (Å²) in [6.07, 6.45) is 4.29. The van der Waals surface area contributed by atoms with Crippen molar-refractivity contribution in [2.24, 2.45) is 0 Å². The predicted molar refractivity (Wildman–Crippen MR) is 63.6 cm³/mol. The van der Waals surface area contributed by atoms with Crippen LogP contribution in [-0.4, -0.2) is 25.6 Å². The number of thiazole rings is 1. The molecule has 3 aromatic rings. The summed E-state index contributed by atoms with van der Waals surface area (Å²) in [7, 11) is 0. The Balaban J connectivity index is 2.18. The summed E-state index contributed by atoms with van der Waals surface area (Å²) in [5, 5.41) is 0. The monoisotopic (exact) mass is 248 g/mol. The number of carbonyl (C=O) groups is 1. The lowest BCUT2D eigenvalue weighted by atomic mass is 10.3. The summed E-state index contributed by atoms with van der Waals surface area (Å²) in [5.41, 5.74) is 1.86. The first kappa shape index (κ1) is 10.0. The number of rotatable bonds is 2. The lowest BCUT2D eigenvalue weighted by molar-refractivity contribution is 0.112. The van der Waals surface area contributed by atoms with Crippen LogP contribution < -0.4 is 5.69 Å². The molecular formula is C10H8N4O2S. The number of nitrogens with one attached hydrogen (secondary N) is 2. The molecule has 0 fully saturated rings. The molecule has 0 amide bonds. The first-order valence-corrected chi connectivity index (χ1v) is 5.72. The summed E-state index contributed by atoms with van der Waals surface area (Å²) in [4.78, 5) is 32.8. The fourth-order valence-corrected chi connectivity index (χ4v) is 2.50. The third kappa shape index (κ3) is 1.51. The Bertz CT molecular complexity index is 729. The van der Waals surface area contributed by atoms with E-state index in [1.54, 1.807) is 23.7 Å². The second-order valence-electron chi connectivity index (χ2n) is 3.65. The molecule has 0 bridgehead atoms. The quantitative estimate of drug-likeness (QED) is 0.668. The average Bonchev–Trinajstić information content (AvgIpc) is 2.89. The van der Waals surface area contributed by atoms with Gasteiger partial charge >= 0.3 is 5.69 Å². The van der Waals surface area contributed by atoms with Crippen LogP contribution in [0.15, 0.2) is 17.2 Å². The number of aromatic nitrogens is 4. The molecule has 0 aliphatic carbocycles. The molecule has 0 saturated heterocycles. The third-order valence-electron chi connectivity index (χ3n) is 2.46. The Labute approximate surface area is 98.9 Å². The summed E-state index contributed by atoms with van der Waals surface area (Å²) >= 11 is 1.31. The topological polar surface area (TPSA) is 83.0 Å². The minimum atomic E-state index is -0.248. The van der Waals surface area contributed by atoms with Crippen LogP contribution >= 0.6 is 11.3 Å². The molecule has 0 spiro atoms. The zero-order valence-electron chi connectivity index (χ0n) is 8.85. The van der Waals surface area contributed by atoms with Crippen molar-refractivity contribution in [1.29, 1.82) is 0 Å². The maximum atomic E-state index is 11.1. The van der Waals surface area contributed by atoms with E-state index in [0.717, 1.165) is 16.9 Å². The molecule has 2 N–H and O–H groups in total. The number of hydrogen-bond donors (Lipinski definition) is 2. The summed E-state index contributed by atoms with van der Waals surface area (Å²) in [6, 6.07) is 0. The van der Waals surface area contributed by atoms with Crippen molar-refractivity contribution < 1.29 is 4.79 Å². The van der Waals surface area contributed by atoms with Gasteiger partial charge in [-0.05, 0) is 6.92 Å². The maximum absolute atomic E-state index is 11.1. The predicted octanol–water partition coefficient (Wildman–Crippen LogP) is 1.20. The van der Waals surface area contributed by atoms with E-state index in [9.17, 15) is 9.59 Å². The zero-order chi connectivity index (χ0) is 12.0. The Morgan fingerprint density at radius 1 is 1.41 bits per heavy atom. The minimum Gasteiger partial charge on any atom is -0.310 e. The molecule has 3 aromatic heterocycles. The fraction of sp³-hybridized carbons (Fsp3) is 0.100. The molecule has 0 aromatic carbocycles. The van der Waals surface area contributed by atoms with Crippen molar-refractivity contribution in [3.8, 4) is 11.4 Å². The molecule has 0 radical (unpaired) electrons. The van der Waals surface area contributed by atoms with Crippen LogP contribution in [0.3, 0.4) is 0 Å². The van der Waals surface area contributed by atoms with Gasteiger partial charge in [0.1, 0.15) is 5.69 Å². The number of H-pyrrole nitrogens is 2. The first-order valence-electron chi connectivity index (χ1n) is 4.90. The van der Waals surface area contributed by atoms with Crippen LogP contribution in [-0.2, 0) is 0 Å². The zero-order valence-corrected chi connectivity index (χ0v) is 9.67. The molecule has 3 rings (SSSR count). The van der Waals surface area contributed by atoms with E-state index in [2.05, 4.69) is 15.0 Å². The highest BCUT2D eigenvalue weighted by atomic mass is 32.1. The van der Waals surface area contributed by atoms with Gasteiger partial charge in [0, 0.05) is 18.1 Å². The van der Waals surface area contributed by atoms with Gasteiger partial charge in [0.15, 0.2) is 11.2 Å². The van der Waals surface area contributed by atoms with E-state index >= 15 is 0 Å². The summed E-state index contributed by atoms with van der Waals surface area (Å²) in [5.74, 6) is 0. The lowest BCUT2D eigenvalue weighted by Crippen LogP contribution is -2.00. The average molecular weight is 248 g/mol. The molecule has 17 heavy (non-hydrogen) atoms. The molecule has 6 nitrogen and oxygen atoms in total. The van der Waals surface area contributed by atoms with Crippen molar-refractivity contribution in [2.45, 2.75) is 6.92 Å². The van der Waals surface area contributed by atoms with Crippen LogP contribution in [0.2, 0.25) is 0 Å². The van der Waals surface area contributed by atoms with Crippen molar-refractivity contribution in [2.75, 3.05) is 0 Å². The largest absolute Gasteiger partial charge is 0.323 e. The molecule has 0 unspecified atom stereocenters. The first-order chi connectivity index (χ1) is 8.17. The summed E-state index contributed by atoms with van der Waals surface area (Å²) < 4.78 is 1.77. The lowest BCUT2D eigenvalue weighted by Gasteiger charge is -1.90. The van der Waals surface area contributed by atoms with Gasteiger partial charge < -0.3 is 9.97 Å². The van der Waals surface area contributed by atoms with Gasteiger partial charge in [0.25, 0.3) is 0 Å². The Kier molecular flexibility index (Phi) is 2.02. The van der Waals surface area contributed by atoms with E-state index < -0.39 is 0 Å². The normalized spacial score (nSPS) is 11.1. The number of carbonyl (C=O) groups excluding carboxylic acids is 1. The van der Waals surface area contributed by atoms with Gasteiger partial charge in [-0.1, -0.05) is 11.3 Å². The second-order valence-corrected chi connectivity index (χ2v) is 4.69. The van der Waals surface area contributed by atoms with E-state index in [4.69, 9.17) is 0 Å². The number of fused-ring (bicyclic) bond motifs is 1. The smallest absolute Gasteiger partial charge is 0.310 e. The van der Waals surface area contributed by atoms with E-state index in [0.29, 0.717) is 16.3 Å². The number of hydrogen-bond acceptors (Lipinski definition) is 4. The highest BCUT2D eigenvalue weighted by Gasteiger charge is 2.11. The molecule has 0 aliphatic heterocycles. The van der Waals surface area contributed by atoms with Crippen LogP contribution in [0.4, 0.5) is 0 Å². The second kappa shape index (κ2) is 3.42. The standard InChI is InChI=1S/C10H8N4O2S/c1-5-8(13-9(16)11-5)7-3-14-2-6(4-15)17-10(14)12-7/h2-4H,1H3,(H2,11,13,16). The number of aromatic amines is 2. The molecule has 0 atom stereocenters. The van der Waals surface area contributed by atoms with Gasteiger partial charge in [0.2, 0.25) is 0 Å². The van der Waals surface area contributed by atoms with Gasteiger partial charge in [-0.25, -0.2) is 9.78 Å². The number of nitrogens with zero attached hydrogens (tertiary/aromatic N) is 2. The fourth-order valence-electron chi connectivity index (χ4n) is 1.72. The highest BCUT2D eigenvalue weighted by Crippen LogP contribution is 2.22. The molecule has 0 aliphatic rings. The van der Waals surface area contributed by atoms with Crippen LogP contribution in [0.1, 0.15) is 15.4 Å². The Hall–Kier alpha value is -2.15. The number of aryl methyl sites for hydroxylation is 1. The van der Waals surface area contributed by atoms with E-state index in [1.165, 1.54) is 11.3 Å². The maximum Gasteiger partial charge on any atom is 0.323 e. The van der Waals surface area contributed by atoms with E-state index in [-0.39, 0.29) is 5.69 Å². The minimum absolute atomic E-state index is 0.248. The Morgan fingerprint density at radius 2 is 2.24 bits per heavy atom. The van der Waals surface area contributed by atoms with Crippen molar-refractivity contribution in [1.82, 2.24) is 19.4 Å². The SMILES string of the molecule is Cc1[nH]c(=O)[nH]c1-c1cn2cc(C=O)sc2n1. The highest BCUT2D eigenvalue weighted by molar-refractivity contribution is 7.18. The van der Waals surface area contributed by atoms with Gasteiger partial charge in [-0.2, -0.15) is 0 Å².